The molecule has 3 nitrogen and oxygen atoms in total. The molecule has 0 spiro atoms. The van der Waals surface area contributed by atoms with Crippen molar-refractivity contribution in [3.63, 3.8) is 0 Å². The Hall–Kier alpha value is -2.00. The summed E-state index contributed by atoms with van der Waals surface area (Å²) in [7, 11) is 0. The molecule has 0 saturated heterocycles. The summed E-state index contributed by atoms with van der Waals surface area (Å²) in [6, 6.07) is 13.1. The van der Waals surface area contributed by atoms with Crippen molar-refractivity contribution < 1.29 is 9.53 Å². The van der Waals surface area contributed by atoms with Gasteiger partial charge in [-0.25, -0.2) is 0 Å². The number of hydrogen-bond acceptors (Lipinski definition) is 2. The molecular weight excluding hydrogens is 274 g/mol. The largest absolute Gasteiger partial charge is 0.466 e. The number of carbonyl (C=O) groups excluding carboxylic acids is 1. The van der Waals surface area contributed by atoms with Crippen LogP contribution in [0.25, 0.3) is 0 Å². The number of carbonyl (C=O) groups is 1. The van der Waals surface area contributed by atoms with Crippen molar-refractivity contribution in [2.75, 3.05) is 0 Å². The van der Waals surface area contributed by atoms with E-state index < -0.39 is 0 Å². The fraction of sp³-hybridized carbons (Fsp3) is 0.188. The van der Waals surface area contributed by atoms with Gasteiger partial charge in [-0.05, 0) is 31.2 Å². The summed E-state index contributed by atoms with van der Waals surface area (Å²) in [5.74, 6) is 0.816. The van der Waals surface area contributed by atoms with Crippen LogP contribution in [-0.2, 0) is 0 Å². The summed E-state index contributed by atoms with van der Waals surface area (Å²) in [6.07, 6.45) is -0.331. The number of fused-ring (bicyclic) bond motifs is 4. The van der Waals surface area contributed by atoms with Gasteiger partial charge in [0.1, 0.15) is 5.75 Å². The van der Waals surface area contributed by atoms with Crippen molar-refractivity contribution in [2.45, 2.75) is 19.2 Å². The molecule has 2 atom stereocenters. The van der Waals surface area contributed by atoms with Gasteiger partial charge in [-0.2, -0.15) is 0 Å². The van der Waals surface area contributed by atoms with Crippen molar-refractivity contribution in [1.29, 1.82) is 0 Å². The molecule has 0 radical (unpaired) electrons. The highest BCUT2D eigenvalue weighted by Crippen LogP contribution is 2.47. The molecule has 0 fully saturated rings. The maximum Gasteiger partial charge on any atom is 0.257 e. The number of hydrogen-bond donors (Lipinski definition) is 0. The summed E-state index contributed by atoms with van der Waals surface area (Å²) in [4.78, 5) is 14.3. The number of rotatable bonds is 0. The molecule has 2 aliphatic rings. The normalized spacial score (nSPS) is 22.9. The maximum absolute atomic E-state index is 12.5. The fourth-order valence-corrected chi connectivity index (χ4v) is 3.21. The predicted octanol–water partition coefficient (Wildman–Crippen LogP) is 3.95. The van der Waals surface area contributed by atoms with Gasteiger partial charge in [0, 0.05) is 21.7 Å². The van der Waals surface area contributed by atoms with Crippen LogP contribution in [0.1, 0.15) is 40.7 Å². The van der Waals surface area contributed by atoms with Crippen molar-refractivity contribution in [3.8, 4) is 5.75 Å². The van der Waals surface area contributed by atoms with Gasteiger partial charge in [0.25, 0.3) is 5.91 Å². The molecular formula is C16H12ClNO2. The first kappa shape index (κ1) is 11.8. The lowest BCUT2D eigenvalue weighted by atomic mass is 10.0. The van der Waals surface area contributed by atoms with Gasteiger partial charge in [0.15, 0.2) is 0 Å². The highest BCUT2D eigenvalue weighted by atomic mass is 35.5. The summed E-state index contributed by atoms with van der Waals surface area (Å²) < 4.78 is 6.02. The molecule has 4 heteroatoms. The molecule has 2 aliphatic heterocycles. The van der Waals surface area contributed by atoms with Gasteiger partial charge in [-0.3, -0.25) is 9.69 Å². The number of halogens is 1. The van der Waals surface area contributed by atoms with E-state index in [4.69, 9.17) is 16.3 Å². The Labute approximate surface area is 121 Å². The van der Waals surface area contributed by atoms with Crippen molar-refractivity contribution in [2.24, 2.45) is 0 Å². The maximum atomic E-state index is 12.5. The van der Waals surface area contributed by atoms with Crippen molar-refractivity contribution >= 4 is 17.5 Å². The van der Waals surface area contributed by atoms with E-state index in [2.05, 4.69) is 0 Å². The Balaban J connectivity index is 1.89. The average molecular weight is 286 g/mol. The van der Waals surface area contributed by atoms with Crippen LogP contribution in [0, 0.1) is 0 Å². The molecule has 20 heavy (non-hydrogen) atoms. The van der Waals surface area contributed by atoms with Gasteiger partial charge in [0.2, 0.25) is 6.23 Å². The van der Waals surface area contributed by atoms with Gasteiger partial charge in [-0.15, -0.1) is 0 Å². The molecule has 2 unspecified atom stereocenters. The molecule has 2 aromatic carbocycles. The van der Waals surface area contributed by atoms with Crippen LogP contribution in [0.3, 0.4) is 0 Å². The zero-order valence-electron chi connectivity index (χ0n) is 10.8. The Bertz CT molecular complexity index is 728. The summed E-state index contributed by atoms with van der Waals surface area (Å²) in [6.45, 7) is 2.01. The van der Waals surface area contributed by atoms with E-state index in [9.17, 15) is 4.79 Å². The third kappa shape index (κ3) is 1.44. The highest BCUT2D eigenvalue weighted by Gasteiger charge is 2.44. The highest BCUT2D eigenvalue weighted by molar-refractivity contribution is 6.30. The molecule has 2 aromatic rings. The summed E-state index contributed by atoms with van der Waals surface area (Å²) in [5, 5.41) is 0.654. The second-order valence-corrected chi connectivity index (χ2v) is 5.56. The Morgan fingerprint density at radius 3 is 2.80 bits per heavy atom. The van der Waals surface area contributed by atoms with E-state index in [0.717, 1.165) is 22.4 Å². The second-order valence-electron chi connectivity index (χ2n) is 5.13. The number of nitrogens with zero attached hydrogens (tertiary/aromatic N) is 1. The standard InChI is InChI=1S/C16H12ClNO2/c1-9-13-8-10(17)6-7-14(13)20-16-12-5-3-2-4-11(12)15(19)18(9)16/h2-9,16H,1H3. The van der Waals surface area contributed by atoms with Gasteiger partial charge >= 0.3 is 0 Å². The first-order valence-corrected chi connectivity index (χ1v) is 6.92. The SMILES string of the molecule is CC1c2cc(Cl)ccc2OC2c3ccccc3C(=O)N12. The molecule has 1 amide bonds. The minimum atomic E-state index is -0.331. The smallest absolute Gasteiger partial charge is 0.257 e. The van der Waals surface area contributed by atoms with Crippen LogP contribution in [0.2, 0.25) is 5.02 Å². The average Bonchev–Trinajstić information content (AvgIpc) is 2.74. The quantitative estimate of drug-likeness (QED) is 0.733. The van der Waals surface area contributed by atoms with Crippen LogP contribution in [-0.4, -0.2) is 10.8 Å². The van der Waals surface area contributed by atoms with E-state index in [1.165, 1.54) is 0 Å². The topological polar surface area (TPSA) is 29.5 Å². The third-order valence-electron chi connectivity index (χ3n) is 4.02. The molecule has 0 bridgehead atoms. The number of benzene rings is 2. The van der Waals surface area contributed by atoms with Crippen LogP contribution in [0.5, 0.6) is 5.75 Å². The Morgan fingerprint density at radius 1 is 1.15 bits per heavy atom. The van der Waals surface area contributed by atoms with Crippen LogP contribution >= 0.6 is 11.6 Å². The minimum absolute atomic E-state index is 0.0173. The lowest BCUT2D eigenvalue weighted by Crippen LogP contribution is -2.37. The number of amides is 1. The zero-order valence-corrected chi connectivity index (χ0v) is 11.6. The van der Waals surface area contributed by atoms with Crippen molar-refractivity contribution in [3.05, 3.63) is 64.2 Å². The zero-order chi connectivity index (χ0) is 13.9. The Kier molecular flexibility index (Phi) is 2.36. The minimum Gasteiger partial charge on any atom is -0.466 e. The van der Waals surface area contributed by atoms with Crippen LogP contribution < -0.4 is 4.74 Å². The van der Waals surface area contributed by atoms with Gasteiger partial charge in [-0.1, -0.05) is 29.8 Å². The third-order valence-corrected chi connectivity index (χ3v) is 4.26. The molecule has 0 aromatic heterocycles. The molecule has 100 valence electrons. The van der Waals surface area contributed by atoms with Crippen LogP contribution in [0.15, 0.2) is 42.5 Å². The first-order valence-electron chi connectivity index (χ1n) is 6.54. The number of ether oxygens (including phenoxy) is 1. The second kappa shape index (κ2) is 4.00. The molecule has 4 rings (SSSR count). The summed E-state index contributed by atoms with van der Waals surface area (Å²) >= 11 is 6.05. The monoisotopic (exact) mass is 285 g/mol. The summed E-state index contributed by atoms with van der Waals surface area (Å²) in [5.41, 5.74) is 2.61. The van der Waals surface area contributed by atoms with E-state index in [1.54, 1.807) is 4.90 Å². The molecule has 0 aliphatic carbocycles. The van der Waals surface area contributed by atoms with Crippen molar-refractivity contribution in [1.82, 2.24) is 4.90 Å². The fourth-order valence-electron chi connectivity index (χ4n) is 3.03. The Morgan fingerprint density at radius 2 is 1.95 bits per heavy atom. The lowest BCUT2D eigenvalue weighted by Gasteiger charge is -2.37. The predicted molar refractivity (Wildman–Crippen MR) is 75.8 cm³/mol. The van der Waals surface area contributed by atoms with E-state index >= 15 is 0 Å². The molecule has 2 heterocycles. The van der Waals surface area contributed by atoms with Crippen LogP contribution in [0.4, 0.5) is 0 Å². The van der Waals surface area contributed by atoms with E-state index in [1.807, 2.05) is 49.4 Å². The molecule has 0 saturated carbocycles. The van der Waals surface area contributed by atoms with Gasteiger partial charge in [0.05, 0.1) is 6.04 Å². The lowest BCUT2D eigenvalue weighted by molar-refractivity contribution is -0.00180. The molecule has 0 N–H and O–H groups in total. The van der Waals surface area contributed by atoms with E-state index in [0.29, 0.717) is 5.02 Å². The first-order chi connectivity index (χ1) is 9.66. The van der Waals surface area contributed by atoms with E-state index in [-0.39, 0.29) is 18.2 Å². The van der Waals surface area contributed by atoms with Gasteiger partial charge < -0.3 is 4.74 Å².